The van der Waals surface area contributed by atoms with Crippen molar-refractivity contribution in [3.05, 3.63) is 0 Å². The van der Waals surface area contributed by atoms with E-state index >= 15 is 0 Å². The Morgan fingerprint density at radius 1 is 1.40 bits per heavy atom. The molecule has 15 heavy (non-hydrogen) atoms. The molecule has 0 aromatic heterocycles. The molecule has 0 spiro atoms. The first-order valence-corrected chi connectivity index (χ1v) is 5.46. The molecule has 5 heteroatoms. The number of nitrogens with one attached hydrogen (secondary N) is 1. The van der Waals surface area contributed by atoms with Crippen molar-refractivity contribution in [1.29, 1.82) is 0 Å². The lowest BCUT2D eigenvalue weighted by Crippen LogP contribution is -2.41. The molecule has 0 saturated carbocycles. The molecule has 1 fully saturated rings. The van der Waals surface area contributed by atoms with Gasteiger partial charge in [-0.2, -0.15) is 0 Å². The van der Waals surface area contributed by atoms with Gasteiger partial charge in [0.25, 0.3) is 6.43 Å². The molecular weight excluding hydrogens is 202 g/mol. The minimum Gasteiger partial charge on any atom is -0.374 e. The summed E-state index contributed by atoms with van der Waals surface area (Å²) in [4.78, 5) is 2.30. The highest BCUT2D eigenvalue weighted by molar-refractivity contribution is 4.74. The second kappa shape index (κ2) is 7.09. The van der Waals surface area contributed by atoms with E-state index in [1.54, 1.807) is 0 Å². The van der Waals surface area contributed by atoms with Crippen LogP contribution in [0.1, 0.15) is 12.8 Å². The van der Waals surface area contributed by atoms with Gasteiger partial charge in [0.1, 0.15) is 6.61 Å². The van der Waals surface area contributed by atoms with Crippen molar-refractivity contribution in [2.45, 2.75) is 25.3 Å². The van der Waals surface area contributed by atoms with Gasteiger partial charge in [0, 0.05) is 12.6 Å². The third-order valence-electron chi connectivity index (χ3n) is 2.64. The fourth-order valence-corrected chi connectivity index (χ4v) is 1.72. The van der Waals surface area contributed by atoms with Crippen LogP contribution in [-0.4, -0.2) is 57.3 Å². The Balaban J connectivity index is 1.91. The zero-order valence-corrected chi connectivity index (χ0v) is 9.22. The van der Waals surface area contributed by atoms with E-state index in [-0.39, 0.29) is 0 Å². The maximum atomic E-state index is 11.7. The lowest BCUT2D eigenvalue weighted by atomic mass is 10.1. The monoisotopic (exact) mass is 222 g/mol. The van der Waals surface area contributed by atoms with Crippen LogP contribution in [0.5, 0.6) is 0 Å². The van der Waals surface area contributed by atoms with E-state index in [1.807, 2.05) is 0 Å². The molecule has 1 rings (SSSR count). The number of nitrogens with zero attached hydrogens (tertiary/aromatic N) is 1. The summed E-state index contributed by atoms with van der Waals surface area (Å²) in [6, 6.07) is 0.524. The molecule has 1 heterocycles. The number of halogens is 2. The molecular formula is C10H20F2N2O. The highest BCUT2D eigenvalue weighted by atomic mass is 19.3. The van der Waals surface area contributed by atoms with Crippen LogP contribution in [0, 0.1) is 0 Å². The molecule has 1 aliphatic heterocycles. The molecule has 0 amide bonds. The second-order valence-electron chi connectivity index (χ2n) is 4.00. The predicted molar refractivity (Wildman–Crippen MR) is 55.3 cm³/mol. The third-order valence-corrected chi connectivity index (χ3v) is 2.64. The normalized spacial score (nSPS) is 20.0. The third kappa shape index (κ3) is 6.02. The molecule has 0 bridgehead atoms. The Hall–Kier alpha value is -0.260. The topological polar surface area (TPSA) is 24.5 Å². The average Bonchev–Trinajstić information content (AvgIpc) is 2.20. The first kappa shape index (κ1) is 12.8. The first-order chi connectivity index (χ1) is 7.18. The largest absolute Gasteiger partial charge is 0.374 e. The predicted octanol–water partition coefficient (Wildman–Crippen LogP) is 0.952. The van der Waals surface area contributed by atoms with E-state index < -0.39 is 13.0 Å². The van der Waals surface area contributed by atoms with Crippen LogP contribution in [0.4, 0.5) is 8.78 Å². The lowest BCUT2D eigenvalue weighted by Gasteiger charge is -2.29. The van der Waals surface area contributed by atoms with Crippen molar-refractivity contribution in [2.75, 3.05) is 39.9 Å². The first-order valence-electron chi connectivity index (χ1n) is 5.46. The number of alkyl halides is 2. The van der Waals surface area contributed by atoms with E-state index in [4.69, 9.17) is 4.74 Å². The fourth-order valence-electron chi connectivity index (χ4n) is 1.72. The number of rotatable bonds is 6. The smallest absolute Gasteiger partial charge is 0.261 e. The van der Waals surface area contributed by atoms with Gasteiger partial charge in [-0.05, 0) is 33.0 Å². The number of hydrogen-bond donors (Lipinski definition) is 1. The van der Waals surface area contributed by atoms with E-state index in [2.05, 4.69) is 17.3 Å². The van der Waals surface area contributed by atoms with Crippen LogP contribution in [0.3, 0.4) is 0 Å². The van der Waals surface area contributed by atoms with Gasteiger partial charge >= 0.3 is 0 Å². The van der Waals surface area contributed by atoms with Gasteiger partial charge in [-0.15, -0.1) is 0 Å². The van der Waals surface area contributed by atoms with Crippen LogP contribution < -0.4 is 5.32 Å². The molecule has 0 atom stereocenters. The van der Waals surface area contributed by atoms with E-state index in [9.17, 15) is 8.78 Å². The minimum absolute atomic E-state index is 0.372. The lowest BCUT2D eigenvalue weighted by molar-refractivity contribution is 0.0177. The molecule has 90 valence electrons. The molecule has 0 aromatic rings. The molecule has 1 saturated heterocycles. The molecule has 0 aromatic carbocycles. The Morgan fingerprint density at radius 2 is 2.07 bits per heavy atom. The summed E-state index contributed by atoms with van der Waals surface area (Å²) >= 11 is 0. The molecule has 1 aliphatic rings. The number of piperidine rings is 1. The van der Waals surface area contributed by atoms with E-state index in [0.717, 1.165) is 25.9 Å². The van der Waals surface area contributed by atoms with Crippen LogP contribution in [-0.2, 0) is 4.74 Å². The number of likely N-dealkylation sites (tertiary alicyclic amines) is 1. The Labute approximate surface area is 89.8 Å². The SMILES string of the molecule is CN1CCC(NCCOCC(F)F)CC1. The van der Waals surface area contributed by atoms with Gasteiger partial charge < -0.3 is 15.0 Å². The summed E-state index contributed by atoms with van der Waals surface area (Å²) in [6.07, 6.45) is -0.0928. The minimum atomic E-state index is -2.35. The maximum absolute atomic E-state index is 11.7. The van der Waals surface area contributed by atoms with Gasteiger partial charge in [-0.1, -0.05) is 0 Å². The summed E-state index contributed by atoms with van der Waals surface area (Å²) < 4.78 is 28.2. The van der Waals surface area contributed by atoms with Gasteiger partial charge in [-0.25, -0.2) is 8.78 Å². The van der Waals surface area contributed by atoms with Crippen LogP contribution in [0.25, 0.3) is 0 Å². The van der Waals surface area contributed by atoms with Crippen molar-refractivity contribution in [3.63, 3.8) is 0 Å². The Morgan fingerprint density at radius 3 is 2.67 bits per heavy atom. The standard InChI is InChI=1S/C10H20F2N2O/c1-14-5-2-9(3-6-14)13-4-7-15-8-10(11)12/h9-10,13H,2-8H2,1H3. The second-order valence-corrected chi connectivity index (χ2v) is 4.00. The molecule has 0 radical (unpaired) electrons. The highest BCUT2D eigenvalue weighted by Gasteiger charge is 2.15. The van der Waals surface area contributed by atoms with Crippen molar-refractivity contribution < 1.29 is 13.5 Å². The quantitative estimate of drug-likeness (QED) is 0.677. The van der Waals surface area contributed by atoms with Crippen LogP contribution >= 0.6 is 0 Å². The average molecular weight is 222 g/mol. The van der Waals surface area contributed by atoms with Gasteiger partial charge in [0.15, 0.2) is 0 Å². The Kier molecular flexibility index (Phi) is 6.05. The van der Waals surface area contributed by atoms with Crippen molar-refractivity contribution in [1.82, 2.24) is 10.2 Å². The highest BCUT2D eigenvalue weighted by Crippen LogP contribution is 2.07. The van der Waals surface area contributed by atoms with Crippen LogP contribution in [0.15, 0.2) is 0 Å². The van der Waals surface area contributed by atoms with Crippen molar-refractivity contribution in [3.8, 4) is 0 Å². The van der Waals surface area contributed by atoms with Gasteiger partial charge in [0.05, 0.1) is 6.61 Å². The van der Waals surface area contributed by atoms with E-state index in [0.29, 0.717) is 19.2 Å². The van der Waals surface area contributed by atoms with Crippen molar-refractivity contribution >= 4 is 0 Å². The maximum Gasteiger partial charge on any atom is 0.261 e. The number of hydrogen-bond acceptors (Lipinski definition) is 3. The Bertz CT molecular complexity index is 162. The molecule has 0 aliphatic carbocycles. The summed E-state index contributed by atoms with van der Waals surface area (Å²) in [7, 11) is 2.11. The fraction of sp³-hybridized carbons (Fsp3) is 1.00. The zero-order valence-electron chi connectivity index (χ0n) is 9.22. The summed E-state index contributed by atoms with van der Waals surface area (Å²) in [5.41, 5.74) is 0. The summed E-state index contributed by atoms with van der Waals surface area (Å²) in [5.74, 6) is 0. The molecule has 1 N–H and O–H groups in total. The van der Waals surface area contributed by atoms with Gasteiger partial charge in [-0.3, -0.25) is 0 Å². The summed E-state index contributed by atoms with van der Waals surface area (Å²) in [6.45, 7) is 2.80. The van der Waals surface area contributed by atoms with Crippen LogP contribution in [0.2, 0.25) is 0 Å². The van der Waals surface area contributed by atoms with Crippen molar-refractivity contribution in [2.24, 2.45) is 0 Å². The molecule has 3 nitrogen and oxygen atoms in total. The van der Waals surface area contributed by atoms with Gasteiger partial charge in [0.2, 0.25) is 0 Å². The van der Waals surface area contributed by atoms with E-state index in [1.165, 1.54) is 0 Å². The molecule has 0 unspecified atom stereocenters. The zero-order chi connectivity index (χ0) is 11.1. The number of ether oxygens (including phenoxy) is 1. The summed E-state index contributed by atoms with van der Waals surface area (Å²) in [5, 5.41) is 3.32.